The first-order valence-electron chi connectivity index (χ1n) is 8.89. The SMILES string of the molecule is Cc1ccc(C)n1N1C(=O)/C(=C/c2cc3c(cc2[N+](=O)[O-])n(C)c(=O)n3C)SC1=S. The van der Waals surface area contributed by atoms with Gasteiger partial charge in [-0.1, -0.05) is 11.8 Å². The topological polar surface area (TPSA) is 95.3 Å². The molecule has 0 bridgehead atoms. The van der Waals surface area contributed by atoms with Crippen molar-refractivity contribution in [1.29, 1.82) is 0 Å². The fraction of sp³-hybridized carbons (Fsp3) is 0.211. The molecule has 1 amide bonds. The van der Waals surface area contributed by atoms with Gasteiger partial charge in [-0.25, -0.2) is 4.79 Å². The number of thiocarbonyl (C=S) groups is 1. The Kier molecular flexibility index (Phi) is 4.66. The third kappa shape index (κ3) is 2.89. The van der Waals surface area contributed by atoms with E-state index < -0.39 is 4.92 Å². The summed E-state index contributed by atoms with van der Waals surface area (Å²) in [6.45, 7) is 3.73. The van der Waals surface area contributed by atoms with E-state index in [1.807, 2.05) is 26.0 Å². The van der Waals surface area contributed by atoms with Crippen molar-refractivity contribution in [2.45, 2.75) is 13.8 Å². The Bertz CT molecular complexity index is 1340. The average Bonchev–Trinajstić information content (AvgIpc) is 3.23. The molecule has 0 atom stereocenters. The Labute approximate surface area is 180 Å². The zero-order valence-electron chi connectivity index (χ0n) is 16.6. The molecule has 1 aromatic carbocycles. The second-order valence-electron chi connectivity index (χ2n) is 6.98. The van der Waals surface area contributed by atoms with Gasteiger partial charge in [0.1, 0.15) is 0 Å². The Hall–Kier alpha value is -3.18. The maximum absolute atomic E-state index is 13.1. The van der Waals surface area contributed by atoms with Crippen LogP contribution in [0.2, 0.25) is 0 Å². The number of benzene rings is 1. The zero-order valence-corrected chi connectivity index (χ0v) is 18.2. The number of nitro benzene ring substituents is 1. The first-order chi connectivity index (χ1) is 14.1. The maximum atomic E-state index is 13.1. The third-order valence-corrected chi connectivity index (χ3v) is 6.39. The lowest BCUT2D eigenvalue weighted by Crippen LogP contribution is -2.39. The van der Waals surface area contributed by atoms with Gasteiger partial charge in [0, 0.05) is 31.5 Å². The van der Waals surface area contributed by atoms with E-state index in [1.165, 1.54) is 26.3 Å². The van der Waals surface area contributed by atoms with Gasteiger partial charge in [0.25, 0.3) is 11.6 Å². The second-order valence-corrected chi connectivity index (χ2v) is 8.65. The molecule has 30 heavy (non-hydrogen) atoms. The number of aromatic nitrogens is 3. The minimum atomic E-state index is -0.524. The summed E-state index contributed by atoms with van der Waals surface area (Å²) in [6.07, 6.45) is 1.46. The van der Waals surface area contributed by atoms with Crippen molar-refractivity contribution >= 4 is 57.0 Å². The van der Waals surface area contributed by atoms with E-state index in [9.17, 15) is 19.7 Å². The van der Waals surface area contributed by atoms with Gasteiger partial charge in [0.15, 0.2) is 4.32 Å². The summed E-state index contributed by atoms with van der Waals surface area (Å²) in [5.41, 5.74) is 2.41. The molecule has 0 aliphatic carbocycles. The van der Waals surface area contributed by atoms with Crippen LogP contribution in [0.25, 0.3) is 17.1 Å². The number of hydrogen-bond acceptors (Lipinski definition) is 6. The minimum absolute atomic E-state index is 0.192. The van der Waals surface area contributed by atoms with Crippen LogP contribution in [0, 0.1) is 24.0 Å². The number of rotatable bonds is 3. The highest BCUT2D eigenvalue weighted by Crippen LogP contribution is 2.35. The lowest BCUT2D eigenvalue weighted by Gasteiger charge is -2.20. The van der Waals surface area contributed by atoms with E-state index >= 15 is 0 Å². The fourth-order valence-electron chi connectivity index (χ4n) is 3.57. The Balaban J connectivity index is 1.87. The van der Waals surface area contributed by atoms with E-state index in [0.29, 0.717) is 15.4 Å². The normalized spacial score (nSPS) is 15.7. The van der Waals surface area contributed by atoms with Crippen molar-refractivity contribution in [2.75, 3.05) is 5.01 Å². The van der Waals surface area contributed by atoms with Crippen LogP contribution in [0.1, 0.15) is 17.0 Å². The summed E-state index contributed by atoms with van der Waals surface area (Å²) in [4.78, 5) is 36.7. The van der Waals surface area contributed by atoms with Crippen molar-refractivity contribution in [3.05, 3.63) is 66.7 Å². The monoisotopic (exact) mass is 443 g/mol. The van der Waals surface area contributed by atoms with Crippen molar-refractivity contribution in [3.8, 4) is 0 Å². The highest BCUT2D eigenvalue weighted by molar-refractivity contribution is 8.27. The summed E-state index contributed by atoms with van der Waals surface area (Å²) >= 11 is 6.49. The number of amides is 1. The van der Waals surface area contributed by atoms with Crippen LogP contribution in [0.4, 0.5) is 5.69 Å². The van der Waals surface area contributed by atoms with Crippen molar-refractivity contribution < 1.29 is 9.72 Å². The number of nitrogens with zero attached hydrogens (tertiary/aromatic N) is 5. The van der Waals surface area contributed by atoms with Crippen LogP contribution in [0.5, 0.6) is 0 Å². The van der Waals surface area contributed by atoms with Gasteiger partial charge in [-0.3, -0.25) is 28.7 Å². The molecule has 3 heterocycles. The number of aryl methyl sites for hydroxylation is 4. The summed E-state index contributed by atoms with van der Waals surface area (Å²) in [7, 11) is 3.15. The van der Waals surface area contributed by atoms with E-state index in [4.69, 9.17) is 12.2 Å². The smallest absolute Gasteiger partial charge is 0.295 e. The average molecular weight is 444 g/mol. The van der Waals surface area contributed by atoms with Crippen molar-refractivity contribution in [2.24, 2.45) is 14.1 Å². The van der Waals surface area contributed by atoms with Crippen LogP contribution in [-0.2, 0) is 18.9 Å². The summed E-state index contributed by atoms with van der Waals surface area (Å²) < 4.78 is 4.82. The molecule has 0 spiro atoms. The molecular formula is C19H17N5O4S2. The molecule has 9 nitrogen and oxygen atoms in total. The largest absolute Gasteiger partial charge is 0.328 e. The summed E-state index contributed by atoms with van der Waals surface area (Å²) in [5, 5.41) is 13.1. The summed E-state index contributed by atoms with van der Waals surface area (Å²) in [5.74, 6) is -0.358. The first kappa shape index (κ1) is 20.1. The number of carbonyl (C=O) groups excluding carboxylic acids is 1. The highest BCUT2D eigenvalue weighted by atomic mass is 32.2. The minimum Gasteiger partial charge on any atom is -0.295 e. The molecule has 0 radical (unpaired) electrons. The van der Waals surface area contributed by atoms with Crippen LogP contribution in [0.15, 0.2) is 34.0 Å². The summed E-state index contributed by atoms with van der Waals surface area (Å²) in [6, 6.07) is 6.66. The number of fused-ring (bicyclic) bond motifs is 1. The molecule has 0 saturated carbocycles. The highest BCUT2D eigenvalue weighted by Gasteiger charge is 2.35. The van der Waals surface area contributed by atoms with Gasteiger partial charge in [-0.15, -0.1) is 0 Å². The molecule has 0 unspecified atom stereocenters. The zero-order chi connectivity index (χ0) is 21.9. The van der Waals surface area contributed by atoms with Gasteiger partial charge in [0.2, 0.25) is 0 Å². The number of imidazole rings is 1. The predicted molar refractivity (Wildman–Crippen MR) is 120 cm³/mol. The molecule has 2 aromatic heterocycles. The molecule has 0 N–H and O–H groups in total. The van der Waals surface area contributed by atoms with Crippen LogP contribution >= 0.6 is 24.0 Å². The van der Waals surface area contributed by atoms with E-state index in [-0.39, 0.29) is 27.8 Å². The molecule has 3 aromatic rings. The van der Waals surface area contributed by atoms with Crippen LogP contribution in [0.3, 0.4) is 0 Å². The van der Waals surface area contributed by atoms with Gasteiger partial charge < -0.3 is 0 Å². The van der Waals surface area contributed by atoms with Gasteiger partial charge in [-0.2, -0.15) is 5.01 Å². The Morgan fingerprint density at radius 3 is 2.20 bits per heavy atom. The Morgan fingerprint density at radius 2 is 1.63 bits per heavy atom. The van der Waals surface area contributed by atoms with Gasteiger partial charge in [-0.05, 0) is 50.3 Å². The van der Waals surface area contributed by atoms with Gasteiger partial charge >= 0.3 is 5.69 Å². The van der Waals surface area contributed by atoms with E-state index in [0.717, 1.165) is 23.1 Å². The molecule has 11 heteroatoms. The van der Waals surface area contributed by atoms with Crippen molar-refractivity contribution in [3.63, 3.8) is 0 Å². The molecule has 1 aliphatic rings. The third-order valence-electron chi connectivity index (χ3n) is 5.11. The quantitative estimate of drug-likeness (QED) is 0.267. The molecule has 4 rings (SSSR count). The number of nitro groups is 1. The van der Waals surface area contributed by atoms with Crippen molar-refractivity contribution in [1.82, 2.24) is 13.8 Å². The lowest BCUT2D eigenvalue weighted by atomic mass is 10.1. The first-order valence-corrected chi connectivity index (χ1v) is 10.1. The van der Waals surface area contributed by atoms with E-state index in [1.54, 1.807) is 24.8 Å². The second kappa shape index (κ2) is 6.96. The number of carbonyl (C=O) groups is 1. The molecule has 1 saturated heterocycles. The number of thioether (sulfide) groups is 1. The lowest BCUT2D eigenvalue weighted by molar-refractivity contribution is -0.385. The number of hydrogen-bond donors (Lipinski definition) is 0. The van der Waals surface area contributed by atoms with Crippen LogP contribution < -0.4 is 10.7 Å². The standard InChI is InChI=1S/C19H17N5O4S2/c1-10-5-6-11(2)22(10)23-17(25)16(30-19(23)29)8-12-7-14-15(9-13(12)24(27)28)21(4)18(26)20(14)3/h5-9H,1-4H3/b16-8-. The fourth-order valence-corrected chi connectivity index (χ4v) is 4.81. The van der Waals surface area contributed by atoms with Gasteiger partial charge in [0.05, 0.1) is 26.4 Å². The van der Waals surface area contributed by atoms with E-state index in [2.05, 4.69) is 0 Å². The maximum Gasteiger partial charge on any atom is 0.328 e. The molecule has 1 aliphatic heterocycles. The van der Waals surface area contributed by atoms with Crippen LogP contribution in [-0.4, -0.2) is 29.0 Å². The predicted octanol–water partition coefficient (Wildman–Crippen LogP) is 2.74. The molecule has 154 valence electrons. The Morgan fingerprint density at radius 1 is 1.07 bits per heavy atom. The molecule has 1 fully saturated rings. The molecular weight excluding hydrogens is 426 g/mol.